The third kappa shape index (κ3) is 2.81. The first-order valence-corrected chi connectivity index (χ1v) is 8.29. The molecular weight excluding hydrogens is 336 g/mol. The quantitative estimate of drug-likeness (QED) is 0.727. The number of rotatable bonds is 5. The minimum Gasteiger partial charge on any atom is -0.497 e. The summed E-state index contributed by atoms with van der Waals surface area (Å²) in [5.74, 6) is -0.0762. The molecule has 0 saturated heterocycles. The Morgan fingerprint density at radius 3 is 2.62 bits per heavy atom. The SMILES string of the molecule is COc1ccc(S(=O)(=O)Nc2cccc3[nH]c(=O)oc23)c(OC)c1. The van der Waals surface area contributed by atoms with Crippen LogP contribution in [-0.2, 0) is 10.0 Å². The second-order valence-corrected chi connectivity index (χ2v) is 6.47. The maximum absolute atomic E-state index is 12.7. The molecule has 0 bridgehead atoms. The summed E-state index contributed by atoms with van der Waals surface area (Å²) in [7, 11) is -1.14. The van der Waals surface area contributed by atoms with E-state index in [0.29, 0.717) is 11.3 Å². The number of benzene rings is 2. The number of ether oxygens (including phenoxy) is 2. The van der Waals surface area contributed by atoms with E-state index >= 15 is 0 Å². The molecule has 0 aliphatic heterocycles. The van der Waals surface area contributed by atoms with E-state index < -0.39 is 15.8 Å². The van der Waals surface area contributed by atoms with Gasteiger partial charge in [-0.1, -0.05) is 6.07 Å². The molecule has 2 N–H and O–H groups in total. The first kappa shape index (κ1) is 15.9. The number of hydrogen-bond donors (Lipinski definition) is 2. The van der Waals surface area contributed by atoms with Crippen molar-refractivity contribution in [2.24, 2.45) is 0 Å². The van der Waals surface area contributed by atoms with Gasteiger partial charge in [-0.05, 0) is 24.3 Å². The molecule has 2 aromatic carbocycles. The molecule has 3 rings (SSSR count). The fraction of sp³-hybridized carbons (Fsp3) is 0.133. The zero-order valence-corrected chi connectivity index (χ0v) is 13.6. The lowest BCUT2D eigenvalue weighted by Gasteiger charge is -2.12. The molecule has 3 aromatic rings. The van der Waals surface area contributed by atoms with E-state index in [0.717, 1.165) is 0 Å². The second-order valence-electron chi connectivity index (χ2n) is 4.82. The normalized spacial score (nSPS) is 11.4. The maximum atomic E-state index is 12.7. The molecule has 0 amide bonds. The van der Waals surface area contributed by atoms with Gasteiger partial charge in [0.2, 0.25) is 0 Å². The zero-order chi connectivity index (χ0) is 17.3. The van der Waals surface area contributed by atoms with Crippen LogP contribution in [0.3, 0.4) is 0 Å². The second kappa shape index (κ2) is 5.93. The summed E-state index contributed by atoms with van der Waals surface area (Å²) in [6.07, 6.45) is 0. The zero-order valence-electron chi connectivity index (χ0n) is 12.8. The highest BCUT2D eigenvalue weighted by Gasteiger charge is 2.22. The largest absolute Gasteiger partial charge is 0.497 e. The monoisotopic (exact) mass is 350 g/mol. The summed E-state index contributed by atoms with van der Waals surface area (Å²) < 4.78 is 42.9. The minimum atomic E-state index is -3.97. The number of methoxy groups -OCH3 is 2. The van der Waals surface area contributed by atoms with E-state index in [4.69, 9.17) is 13.9 Å². The van der Waals surface area contributed by atoms with Crippen molar-refractivity contribution in [3.63, 3.8) is 0 Å². The van der Waals surface area contributed by atoms with Crippen molar-refractivity contribution in [1.29, 1.82) is 0 Å². The summed E-state index contributed by atoms with van der Waals surface area (Å²) in [5.41, 5.74) is 0.657. The van der Waals surface area contributed by atoms with Gasteiger partial charge in [-0.25, -0.2) is 13.2 Å². The molecule has 1 heterocycles. The van der Waals surface area contributed by atoms with Gasteiger partial charge in [-0.2, -0.15) is 0 Å². The molecule has 9 heteroatoms. The number of aromatic amines is 1. The average molecular weight is 350 g/mol. The Labute approximate surface area is 137 Å². The molecule has 0 fully saturated rings. The van der Waals surface area contributed by atoms with Crippen molar-refractivity contribution in [2.75, 3.05) is 18.9 Å². The van der Waals surface area contributed by atoms with Gasteiger partial charge in [0.15, 0.2) is 5.58 Å². The smallest absolute Gasteiger partial charge is 0.417 e. The summed E-state index contributed by atoms with van der Waals surface area (Å²) >= 11 is 0. The molecule has 0 saturated carbocycles. The van der Waals surface area contributed by atoms with Crippen molar-refractivity contribution in [1.82, 2.24) is 4.98 Å². The Hall–Kier alpha value is -2.94. The lowest BCUT2D eigenvalue weighted by molar-refractivity contribution is 0.386. The molecule has 0 aliphatic rings. The molecule has 1 aromatic heterocycles. The summed E-state index contributed by atoms with van der Waals surface area (Å²) in [6.45, 7) is 0. The van der Waals surface area contributed by atoms with Crippen LogP contribution in [0.15, 0.2) is 50.5 Å². The summed E-state index contributed by atoms with van der Waals surface area (Å²) in [5, 5.41) is 0. The molecule has 0 radical (unpaired) electrons. The number of para-hydroxylation sites is 1. The molecule has 24 heavy (non-hydrogen) atoms. The first-order chi connectivity index (χ1) is 11.4. The van der Waals surface area contributed by atoms with E-state index in [1.165, 1.54) is 38.5 Å². The lowest BCUT2D eigenvalue weighted by Crippen LogP contribution is -2.14. The molecular formula is C15H14N2O6S. The van der Waals surface area contributed by atoms with Crippen LogP contribution in [0.25, 0.3) is 11.1 Å². The number of nitrogens with one attached hydrogen (secondary N) is 2. The molecule has 0 aliphatic carbocycles. The van der Waals surface area contributed by atoms with Crippen molar-refractivity contribution in [3.8, 4) is 11.5 Å². The summed E-state index contributed by atoms with van der Waals surface area (Å²) in [6, 6.07) is 9.03. The van der Waals surface area contributed by atoms with Crippen LogP contribution in [0.2, 0.25) is 0 Å². The highest BCUT2D eigenvalue weighted by molar-refractivity contribution is 7.92. The molecule has 8 nitrogen and oxygen atoms in total. The number of anilines is 1. The fourth-order valence-corrected chi connectivity index (χ4v) is 3.47. The van der Waals surface area contributed by atoms with Crippen molar-refractivity contribution in [3.05, 3.63) is 46.9 Å². The first-order valence-electron chi connectivity index (χ1n) is 6.81. The number of H-pyrrole nitrogens is 1. The van der Waals surface area contributed by atoms with Gasteiger partial charge in [-0.3, -0.25) is 9.71 Å². The molecule has 0 atom stereocenters. The fourth-order valence-electron chi connectivity index (χ4n) is 2.25. The van der Waals surface area contributed by atoms with Gasteiger partial charge in [0.05, 0.1) is 25.4 Å². The van der Waals surface area contributed by atoms with E-state index in [-0.39, 0.29) is 21.9 Å². The number of sulfonamides is 1. The third-order valence-electron chi connectivity index (χ3n) is 3.35. The minimum absolute atomic E-state index is 0.0688. The van der Waals surface area contributed by atoms with Gasteiger partial charge in [0.1, 0.15) is 16.4 Å². The lowest BCUT2D eigenvalue weighted by atomic mass is 10.3. The van der Waals surface area contributed by atoms with Gasteiger partial charge >= 0.3 is 5.76 Å². The van der Waals surface area contributed by atoms with Gasteiger partial charge in [0, 0.05) is 6.07 Å². The maximum Gasteiger partial charge on any atom is 0.417 e. The molecule has 126 valence electrons. The van der Waals surface area contributed by atoms with Crippen LogP contribution in [-0.4, -0.2) is 27.6 Å². The van der Waals surface area contributed by atoms with E-state index in [2.05, 4.69) is 9.71 Å². The highest BCUT2D eigenvalue weighted by atomic mass is 32.2. The standard InChI is InChI=1S/C15H14N2O6S/c1-21-9-6-7-13(12(8-9)22-2)24(19,20)17-11-5-3-4-10-14(11)23-15(18)16-10/h3-8,17H,1-2H3,(H,16,18). The van der Waals surface area contributed by atoms with Crippen molar-refractivity contribution < 1.29 is 22.3 Å². The van der Waals surface area contributed by atoms with Crippen molar-refractivity contribution in [2.45, 2.75) is 4.90 Å². The van der Waals surface area contributed by atoms with Crippen LogP contribution in [0.5, 0.6) is 11.5 Å². The predicted molar refractivity (Wildman–Crippen MR) is 87.2 cm³/mol. The van der Waals surface area contributed by atoms with Crippen LogP contribution in [0.4, 0.5) is 5.69 Å². The van der Waals surface area contributed by atoms with Crippen LogP contribution >= 0.6 is 0 Å². The predicted octanol–water partition coefficient (Wildman–Crippen LogP) is 1.94. The number of fused-ring (bicyclic) bond motifs is 1. The Balaban J connectivity index is 2.06. The highest BCUT2D eigenvalue weighted by Crippen LogP contribution is 2.31. The average Bonchev–Trinajstić information content (AvgIpc) is 2.95. The Morgan fingerprint density at radius 1 is 1.12 bits per heavy atom. The van der Waals surface area contributed by atoms with Crippen LogP contribution in [0.1, 0.15) is 0 Å². The van der Waals surface area contributed by atoms with Gasteiger partial charge in [-0.15, -0.1) is 0 Å². The van der Waals surface area contributed by atoms with E-state index in [1.54, 1.807) is 12.1 Å². The Bertz CT molecular complexity index is 1050. The van der Waals surface area contributed by atoms with E-state index in [1.807, 2.05) is 0 Å². The Morgan fingerprint density at radius 2 is 1.92 bits per heavy atom. The van der Waals surface area contributed by atoms with Crippen molar-refractivity contribution >= 4 is 26.8 Å². The number of oxazole rings is 1. The van der Waals surface area contributed by atoms with Crippen LogP contribution in [0, 0.1) is 0 Å². The van der Waals surface area contributed by atoms with Crippen LogP contribution < -0.4 is 20.0 Å². The third-order valence-corrected chi connectivity index (χ3v) is 4.76. The Kier molecular flexibility index (Phi) is 3.94. The molecule has 0 spiro atoms. The topological polar surface area (TPSA) is 111 Å². The van der Waals surface area contributed by atoms with Gasteiger partial charge < -0.3 is 13.9 Å². The number of aromatic nitrogens is 1. The van der Waals surface area contributed by atoms with E-state index in [9.17, 15) is 13.2 Å². The van der Waals surface area contributed by atoms with Gasteiger partial charge in [0.25, 0.3) is 10.0 Å². The summed E-state index contributed by atoms with van der Waals surface area (Å²) in [4.78, 5) is 13.7. The molecule has 0 unspecified atom stereocenters. The number of hydrogen-bond acceptors (Lipinski definition) is 6.